The van der Waals surface area contributed by atoms with E-state index in [2.05, 4.69) is 13.8 Å². The Bertz CT molecular complexity index is 281. The highest BCUT2D eigenvalue weighted by Crippen LogP contribution is 2.39. The molecular formula is C15H29NO3. The second-order valence-electron chi connectivity index (χ2n) is 6.70. The van der Waals surface area contributed by atoms with Crippen LogP contribution in [0.4, 0.5) is 0 Å². The number of aliphatic hydroxyl groups is 1. The average molecular weight is 271 g/mol. The largest absolute Gasteiger partial charge is 0.389 e. The van der Waals surface area contributed by atoms with Gasteiger partial charge in [-0.25, -0.2) is 0 Å². The van der Waals surface area contributed by atoms with Crippen molar-refractivity contribution in [3.8, 4) is 0 Å². The van der Waals surface area contributed by atoms with Crippen molar-refractivity contribution in [1.29, 1.82) is 0 Å². The van der Waals surface area contributed by atoms with Crippen molar-refractivity contribution in [2.75, 3.05) is 27.3 Å². The summed E-state index contributed by atoms with van der Waals surface area (Å²) in [7, 11) is 3.31. The molecule has 0 aliphatic heterocycles. The molecule has 0 saturated heterocycles. The SMILES string of the molecule is COCC(O)CN(C)C(=O)CC1CCC(C)(C)CC1. The number of likely N-dealkylation sites (N-methyl/N-ethyl adjacent to an activating group) is 1. The van der Waals surface area contributed by atoms with Crippen molar-refractivity contribution < 1.29 is 14.6 Å². The van der Waals surface area contributed by atoms with Crippen LogP contribution in [0.2, 0.25) is 0 Å². The van der Waals surface area contributed by atoms with Crippen LogP contribution in [0.1, 0.15) is 46.0 Å². The quantitative estimate of drug-likeness (QED) is 0.804. The van der Waals surface area contributed by atoms with Gasteiger partial charge in [-0.3, -0.25) is 4.79 Å². The molecule has 19 heavy (non-hydrogen) atoms. The molecule has 0 spiro atoms. The van der Waals surface area contributed by atoms with Gasteiger partial charge in [0.15, 0.2) is 0 Å². The summed E-state index contributed by atoms with van der Waals surface area (Å²) in [5.41, 5.74) is 0.445. The molecule has 1 N–H and O–H groups in total. The Kier molecular flexibility index (Phi) is 6.27. The maximum atomic E-state index is 12.1. The van der Waals surface area contributed by atoms with Crippen molar-refractivity contribution in [2.24, 2.45) is 11.3 Å². The molecule has 1 aliphatic carbocycles. The summed E-state index contributed by atoms with van der Waals surface area (Å²) in [6.45, 7) is 5.23. The van der Waals surface area contributed by atoms with Crippen molar-refractivity contribution >= 4 is 5.91 Å². The van der Waals surface area contributed by atoms with E-state index in [-0.39, 0.29) is 12.5 Å². The number of ether oxygens (including phenoxy) is 1. The third-order valence-electron chi connectivity index (χ3n) is 4.19. The Balaban J connectivity index is 2.30. The standard InChI is InChI=1S/C15H29NO3/c1-15(2)7-5-12(6-8-15)9-14(18)16(3)10-13(17)11-19-4/h12-13,17H,5-11H2,1-4H3. The fraction of sp³-hybridized carbons (Fsp3) is 0.933. The number of carbonyl (C=O) groups excluding carboxylic acids is 1. The summed E-state index contributed by atoms with van der Waals surface area (Å²) < 4.78 is 4.87. The zero-order valence-electron chi connectivity index (χ0n) is 12.8. The van der Waals surface area contributed by atoms with Gasteiger partial charge in [0.1, 0.15) is 0 Å². The average Bonchev–Trinajstić information content (AvgIpc) is 2.32. The molecule has 1 saturated carbocycles. The normalized spacial score (nSPS) is 21.1. The summed E-state index contributed by atoms with van der Waals surface area (Å²) in [6, 6.07) is 0. The smallest absolute Gasteiger partial charge is 0.222 e. The van der Waals surface area contributed by atoms with Crippen LogP contribution in [-0.2, 0) is 9.53 Å². The first-order valence-electron chi connectivity index (χ1n) is 7.25. The fourth-order valence-electron chi connectivity index (χ4n) is 2.73. The molecular weight excluding hydrogens is 242 g/mol. The number of nitrogens with zero attached hydrogens (tertiary/aromatic N) is 1. The van der Waals surface area contributed by atoms with E-state index in [4.69, 9.17) is 4.74 Å². The molecule has 4 nitrogen and oxygen atoms in total. The van der Waals surface area contributed by atoms with Crippen LogP contribution in [0.25, 0.3) is 0 Å². The lowest BCUT2D eigenvalue weighted by Crippen LogP contribution is -2.37. The molecule has 4 heteroatoms. The third-order valence-corrected chi connectivity index (χ3v) is 4.19. The molecule has 1 aliphatic rings. The molecule has 1 rings (SSSR count). The van der Waals surface area contributed by atoms with E-state index < -0.39 is 6.10 Å². The predicted octanol–water partition coefficient (Wildman–Crippen LogP) is 2.06. The van der Waals surface area contributed by atoms with Crippen LogP contribution in [0.15, 0.2) is 0 Å². The van der Waals surface area contributed by atoms with Crippen molar-refractivity contribution in [3.05, 3.63) is 0 Å². The monoisotopic (exact) mass is 271 g/mol. The van der Waals surface area contributed by atoms with Gasteiger partial charge < -0.3 is 14.7 Å². The number of methoxy groups -OCH3 is 1. The van der Waals surface area contributed by atoms with Crippen LogP contribution in [0.3, 0.4) is 0 Å². The molecule has 0 bridgehead atoms. The van der Waals surface area contributed by atoms with Gasteiger partial charge in [-0.05, 0) is 37.0 Å². The Labute approximate surface area is 117 Å². The minimum atomic E-state index is -0.593. The van der Waals surface area contributed by atoms with Crippen LogP contribution in [0.5, 0.6) is 0 Å². The predicted molar refractivity (Wildman–Crippen MR) is 75.9 cm³/mol. The van der Waals surface area contributed by atoms with Crippen LogP contribution in [0, 0.1) is 11.3 Å². The molecule has 0 aromatic rings. The van der Waals surface area contributed by atoms with Crippen molar-refractivity contribution in [2.45, 2.75) is 52.1 Å². The highest BCUT2D eigenvalue weighted by atomic mass is 16.5. The molecule has 1 fully saturated rings. The van der Waals surface area contributed by atoms with Crippen molar-refractivity contribution in [1.82, 2.24) is 4.90 Å². The first-order chi connectivity index (χ1) is 8.84. The first kappa shape index (κ1) is 16.4. The molecule has 112 valence electrons. The molecule has 0 aromatic heterocycles. The first-order valence-corrected chi connectivity index (χ1v) is 7.25. The summed E-state index contributed by atoms with van der Waals surface area (Å²) in [4.78, 5) is 13.7. The van der Waals surface area contributed by atoms with E-state index >= 15 is 0 Å². The lowest BCUT2D eigenvalue weighted by Gasteiger charge is -2.34. The van der Waals surface area contributed by atoms with E-state index in [1.807, 2.05) is 0 Å². The van der Waals surface area contributed by atoms with E-state index in [9.17, 15) is 9.90 Å². The summed E-state index contributed by atoms with van der Waals surface area (Å²) in [5, 5.41) is 9.62. The number of amides is 1. The van der Waals surface area contributed by atoms with Crippen molar-refractivity contribution in [3.63, 3.8) is 0 Å². The Morgan fingerprint density at radius 2 is 2.00 bits per heavy atom. The van der Waals surface area contributed by atoms with Gasteiger partial charge in [0.05, 0.1) is 12.7 Å². The van der Waals surface area contributed by atoms with Gasteiger partial charge in [0, 0.05) is 27.1 Å². The minimum absolute atomic E-state index is 0.139. The second kappa shape index (κ2) is 7.25. The molecule has 0 aromatic carbocycles. The number of aliphatic hydroxyl groups excluding tert-OH is 1. The van der Waals surface area contributed by atoms with E-state index in [0.717, 1.165) is 12.8 Å². The molecule has 0 heterocycles. The maximum absolute atomic E-state index is 12.1. The zero-order chi connectivity index (χ0) is 14.5. The van der Waals surface area contributed by atoms with Crippen LogP contribution >= 0.6 is 0 Å². The fourth-order valence-corrected chi connectivity index (χ4v) is 2.73. The van der Waals surface area contributed by atoms with Gasteiger partial charge in [-0.2, -0.15) is 0 Å². The van der Waals surface area contributed by atoms with E-state index in [1.54, 1.807) is 19.1 Å². The third kappa shape index (κ3) is 5.91. The Hall–Kier alpha value is -0.610. The molecule has 1 unspecified atom stereocenters. The number of hydrogen-bond acceptors (Lipinski definition) is 3. The van der Waals surface area contributed by atoms with Gasteiger partial charge in [0.2, 0.25) is 5.91 Å². The second-order valence-corrected chi connectivity index (χ2v) is 6.70. The Morgan fingerprint density at radius 3 is 2.53 bits per heavy atom. The number of carbonyl (C=O) groups is 1. The zero-order valence-corrected chi connectivity index (χ0v) is 12.8. The van der Waals surface area contributed by atoms with E-state index in [0.29, 0.717) is 24.3 Å². The summed E-state index contributed by atoms with van der Waals surface area (Å²) in [6.07, 6.45) is 4.73. The lowest BCUT2D eigenvalue weighted by atomic mass is 9.72. The van der Waals surface area contributed by atoms with E-state index in [1.165, 1.54) is 12.8 Å². The highest BCUT2D eigenvalue weighted by Gasteiger charge is 2.28. The van der Waals surface area contributed by atoms with Crippen LogP contribution < -0.4 is 0 Å². The van der Waals surface area contributed by atoms with Crippen LogP contribution in [-0.4, -0.2) is 49.3 Å². The number of hydrogen-bond donors (Lipinski definition) is 1. The summed E-state index contributed by atoms with van der Waals surface area (Å²) >= 11 is 0. The molecule has 1 atom stereocenters. The number of rotatable bonds is 6. The van der Waals surface area contributed by atoms with Gasteiger partial charge in [-0.1, -0.05) is 13.8 Å². The summed E-state index contributed by atoms with van der Waals surface area (Å²) in [5.74, 6) is 0.655. The molecule has 0 radical (unpaired) electrons. The Morgan fingerprint density at radius 1 is 1.42 bits per heavy atom. The van der Waals surface area contributed by atoms with Gasteiger partial charge in [0.25, 0.3) is 0 Å². The van der Waals surface area contributed by atoms with Gasteiger partial charge >= 0.3 is 0 Å². The maximum Gasteiger partial charge on any atom is 0.222 e. The topological polar surface area (TPSA) is 49.8 Å². The highest BCUT2D eigenvalue weighted by molar-refractivity contribution is 5.76. The lowest BCUT2D eigenvalue weighted by molar-refractivity contribution is -0.133. The minimum Gasteiger partial charge on any atom is -0.389 e. The van der Waals surface area contributed by atoms with Gasteiger partial charge in [-0.15, -0.1) is 0 Å². The molecule has 1 amide bonds.